The summed E-state index contributed by atoms with van der Waals surface area (Å²) < 4.78 is 16.4. The summed E-state index contributed by atoms with van der Waals surface area (Å²) in [5.74, 6) is 1.33. The van der Waals surface area contributed by atoms with Gasteiger partial charge in [-0.2, -0.15) is 0 Å². The molecule has 1 saturated heterocycles. The molecule has 4 rings (SSSR count). The molecule has 1 N–H and O–H groups in total. The Kier molecular flexibility index (Phi) is 9.15. The van der Waals surface area contributed by atoms with Gasteiger partial charge in [0.1, 0.15) is 18.6 Å². The Morgan fingerprint density at radius 1 is 1.21 bits per heavy atom. The number of β-amino-alcohol motifs (C(OH)–C–C–N with tert-alkyl or cyclic N) is 1. The fraction of sp³-hybridized carbons (Fsp3) is 0.680. The third kappa shape index (κ3) is 6.91. The highest BCUT2D eigenvalue weighted by atomic mass is 16.5. The molecule has 0 aromatic carbocycles. The normalized spacial score (nSPS) is 19.4. The molecule has 9 nitrogen and oxygen atoms in total. The first-order chi connectivity index (χ1) is 16.6. The van der Waals surface area contributed by atoms with Crippen LogP contribution < -0.4 is 0 Å². The molecule has 2 aliphatic rings. The maximum atomic E-state index is 13.0. The van der Waals surface area contributed by atoms with Gasteiger partial charge in [-0.3, -0.25) is 14.6 Å². The van der Waals surface area contributed by atoms with Crippen LogP contribution in [-0.2, 0) is 17.9 Å². The number of hydrogen-bond donors (Lipinski definition) is 1. The second-order valence-electron chi connectivity index (χ2n) is 9.33. The molecule has 1 unspecified atom stereocenters. The summed E-state index contributed by atoms with van der Waals surface area (Å²) in [6.45, 7) is 7.98. The van der Waals surface area contributed by atoms with E-state index in [1.165, 1.54) is 25.5 Å². The van der Waals surface area contributed by atoms with Crippen molar-refractivity contribution in [3.05, 3.63) is 42.0 Å². The predicted molar refractivity (Wildman–Crippen MR) is 126 cm³/mol. The van der Waals surface area contributed by atoms with E-state index in [0.29, 0.717) is 43.9 Å². The minimum absolute atomic E-state index is 0.0162. The fourth-order valence-corrected chi connectivity index (χ4v) is 4.95. The van der Waals surface area contributed by atoms with Crippen molar-refractivity contribution in [2.24, 2.45) is 0 Å². The molecule has 34 heavy (non-hydrogen) atoms. The number of ether oxygens (including phenoxy) is 1. The van der Waals surface area contributed by atoms with Gasteiger partial charge in [0.15, 0.2) is 5.69 Å². The summed E-state index contributed by atoms with van der Waals surface area (Å²) in [4.78, 5) is 24.0. The third-order valence-corrected chi connectivity index (χ3v) is 6.82. The first-order valence-corrected chi connectivity index (χ1v) is 12.6. The van der Waals surface area contributed by atoms with Gasteiger partial charge >= 0.3 is 0 Å². The SMILES string of the molecule is CCN(C(=O)c1coc(CN2CCN(CC(O)COCc3ccco3)CC2)n1)C1CCCCC1. The molecule has 1 amide bonds. The number of hydrogen-bond acceptors (Lipinski definition) is 8. The van der Waals surface area contributed by atoms with E-state index < -0.39 is 6.10 Å². The van der Waals surface area contributed by atoms with E-state index in [1.54, 1.807) is 6.26 Å². The number of amides is 1. The predicted octanol–water partition coefficient (Wildman–Crippen LogP) is 2.76. The van der Waals surface area contributed by atoms with Crippen LogP contribution >= 0.6 is 0 Å². The van der Waals surface area contributed by atoms with Gasteiger partial charge in [0.2, 0.25) is 5.89 Å². The molecule has 0 radical (unpaired) electrons. The average Bonchev–Trinajstić information content (AvgIpc) is 3.54. The Labute approximate surface area is 201 Å². The molecule has 1 aliphatic heterocycles. The van der Waals surface area contributed by atoms with Gasteiger partial charge in [0, 0.05) is 45.3 Å². The molecule has 3 heterocycles. The van der Waals surface area contributed by atoms with Crippen LogP contribution in [0.15, 0.2) is 33.5 Å². The highest BCUT2D eigenvalue weighted by molar-refractivity contribution is 5.92. The number of aliphatic hydroxyl groups excluding tert-OH is 1. The molecule has 9 heteroatoms. The summed E-state index contributed by atoms with van der Waals surface area (Å²) in [6.07, 6.45) is 8.41. The Morgan fingerprint density at radius 2 is 1.97 bits per heavy atom. The van der Waals surface area contributed by atoms with Crippen LogP contribution in [-0.4, -0.2) is 88.7 Å². The van der Waals surface area contributed by atoms with E-state index in [9.17, 15) is 9.90 Å². The molecule has 2 aromatic heterocycles. The lowest BCUT2D eigenvalue weighted by atomic mass is 9.94. The monoisotopic (exact) mass is 474 g/mol. The molecular formula is C25H38N4O5. The number of carbonyl (C=O) groups excluding carboxylic acids is 1. The van der Waals surface area contributed by atoms with Gasteiger partial charge < -0.3 is 23.6 Å². The summed E-state index contributed by atoms with van der Waals surface area (Å²) in [7, 11) is 0. The van der Waals surface area contributed by atoms with Gasteiger partial charge in [0.05, 0.1) is 25.5 Å². The number of oxazole rings is 1. The maximum absolute atomic E-state index is 13.0. The largest absolute Gasteiger partial charge is 0.467 e. The zero-order valence-corrected chi connectivity index (χ0v) is 20.2. The highest BCUT2D eigenvalue weighted by Gasteiger charge is 2.27. The van der Waals surface area contributed by atoms with Crippen molar-refractivity contribution in [1.82, 2.24) is 19.7 Å². The quantitative estimate of drug-likeness (QED) is 0.531. The Morgan fingerprint density at radius 3 is 2.68 bits per heavy atom. The lowest BCUT2D eigenvalue weighted by Gasteiger charge is -2.34. The number of rotatable bonds is 11. The second-order valence-corrected chi connectivity index (χ2v) is 9.33. The number of aromatic nitrogens is 1. The van der Waals surface area contributed by atoms with Crippen LogP contribution in [0, 0.1) is 0 Å². The van der Waals surface area contributed by atoms with Gasteiger partial charge in [-0.05, 0) is 31.9 Å². The van der Waals surface area contributed by atoms with E-state index >= 15 is 0 Å². The Bertz CT molecular complexity index is 857. The van der Waals surface area contributed by atoms with E-state index in [2.05, 4.69) is 14.8 Å². The number of carbonyl (C=O) groups is 1. The molecule has 0 spiro atoms. The van der Waals surface area contributed by atoms with Gasteiger partial charge in [-0.25, -0.2) is 4.98 Å². The van der Waals surface area contributed by atoms with Crippen LogP contribution in [0.5, 0.6) is 0 Å². The van der Waals surface area contributed by atoms with Gasteiger partial charge in [-0.1, -0.05) is 19.3 Å². The van der Waals surface area contributed by atoms with Crippen LogP contribution in [0.25, 0.3) is 0 Å². The molecule has 1 saturated carbocycles. The van der Waals surface area contributed by atoms with E-state index in [1.807, 2.05) is 24.0 Å². The molecule has 188 valence electrons. The molecule has 1 aliphatic carbocycles. The van der Waals surface area contributed by atoms with Crippen LogP contribution in [0.1, 0.15) is 61.2 Å². The number of furan rings is 1. The van der Waals surface area contributed by atoms with Crippen molar-refractivity contribution in [3.8, 4) is 0 Å². The lowest BCUT2D eigenvalue weighted by Crippen LogP contribution is -2.48. The highest BCUT2D eigenvalue weighted by Crippen LogP contribution is 2.24. The standard InChI is InChI=1S/C25H38N4O5/c1-2-29(20-7-4-3-5-8-20)25(31)23-19-34-24(26-23)16-28-12-10-27(11-13-28)15-21(30)17-32-18-22-9-6-14-33-22/h6,9,14,19-21,30H,2-5,7-8,10-13,15-18H2,1H3. The van der Waals surface area contributed by atoms with Crippen molar-refractivity contribution in [1.29, 1.82) is 0 Å². The van der Waals surface area contributed by atoms with E-state index in [4.69, 9.17) is 13.6 Å². The minimum Gasteiger partial charge on any atom is -0.467 e. The summed E-state index contributed by atoms with van der Waals surface area (Å²) in [5, 5.41) is 10.3. The number of nitrogens with zero attached hydrogens (tertiary/aromatic N) is 4. The van der Waals surface area contributed by atoms with Crippen LogP contribution in [0.3, 0.4) is 0 Å². The summed E-state index contributed by atoms with van der Waals surface area (Å²) in [5.41, 5.74) is 0.415. The molecule has 1 atom stereocenters. The van der Waals surface area contributed by atoms with Gasteiger partial charge in [0.25, 0.3) is 5.91 Å². The average molecular weight is 475 g/mol. The fourth-order valence-electron chi connectivity index (χ4n) is 4.95. The van der Waals surface area contributed by atoms with E-state index in [-0.39, 0.29) is 12.5 Å². The van der Waals surface area contributed by atoms with Crippen LogP contribution in [0.2, 0.25) is 0 Å². The number of piperazine rings is 1. The van der Waals surface area contributed by atoms with Crippen molar-refractivity contribution in [2.45, 2.75) is 64.3 Å². The second kappa shape index (κ2) is 12.5. The summed E-state index contributed by atoms with van der Waals surface area (Å²) in [6, 6.07) is 4.00. The molecule has 0 bridgehead atoms. The first-order valence-electron chi connectivity index (χ1n) is 12.6. The zero-order valence-electron chi connectivity index (χ0n) is 20.2. The smallest absolute Gasteiger partial charge is 0.276 e. The Balaban J connectivity index is 1.17. The molecule has 2 fully saturated rings. The zero-order chi connectivity index (χ0) is 23.8. The molecular weight excluding hydrogens is 436 g/mol. The van der Waals surface area contributed by atoms with Crippen molar-refractivity contribution < 1.29 is 23.5 Å². The van der Waals surface area contributed by atoms with Crippen LogP contribution in [0.4, 0.5) is 0 Å². The molecule has 2 aromatic rings. The Hall–Kier alpha value is -2.20. The van der Waals surface area contributed by atoms with E-state index in [0.717, 1.165) is 44.8 Å². The minimum atomic E-state index is -0.535. The first kappa shape index (κ1) is 24.9. The lowest BCUT2D eigenvalue weighted by molar-refractivity contribution is -0.00353. The van der Waals surface area contributed by atoms with Gasteiger partial charge in [-0.15, -0.1) is 0 Å². The van der Waals surface area contributed by atoms with Crippen molar-refractivity contribution in [2.75, 3.05) is 45.9 Å². The van der Waals surface area contributed by atoms with Crippen molar-refractivity contribution >= 4 is 5.91 Å². The summed E-state index contributed by atoms with van der Waals surface area (Å²) >= 11 is 0. The maximum Gasteiger partial charge on any atom is 0.276 e. The topological polar surface area (TPSA) is 95.4 Å². The van der Waals surface area contributed by atoms with Crippen molar-refractivity contribution in [3.63, 3.8) is 0 Å². The third-order valence-electron chi connectivity index (χ3n) is 6.82. The number of aliphatic hydroxyl groups is 1.